The van der Waals surface area contributed by atoms with E-state index in [0.717, 1.165) is 24.2 Å². The molecule has 1 rings (SSSR count). The number of hydrogen-bond donors (Lipinski definition) is 1. The number of hydrogen-bond acceptors (Lipinski definition) is 3. The van der Waals surface area contributed by atoms with Crippen LogP contribution in [-0.4, -0.2) is 33.9 Å². The van der Waals surface area contributed by atoms with Crippen molar-refractivity contribution in [1.29, 1.82) is 0 Å². The van der Waals surface area contributed by atoms with Gasteiger partial charge in [-0.3, -0.25) is 0 Å². The van der Waals surface area contributed by atoms with E-state index < -0.39 is 0 Å². The molecular formula is C14H23BrN2O. The molecule has 102 valence electrons. The van der Waals surface area contributed by atoms with E-state index in [1.165, 1.54) is 11.3 Å². The lowest BCUT2D eigenvalue weighted by Crippen LogP contribution is -2.25. The summed E-state index contributed by atoms with van der Waals surface area (Å²) in [5.74, 6) is 0. The van der Waals surface area contributed by atoms with Crippen LogP contribution >= 0.6 is 15.9 Å². The number of benzene rings is 1. The highest BCUT2D eigenvalue weighted by molar-refractivity contribution is 9.10. The topological polar surface area (TPSA) is 24.5 Å². The van der Waals surface area contributed by atoms with E-state index in [0.29, 0.717) is 6.04 Å². The Hall–Kier alpha value is -0.580. The minimum Gasteiger partial charge on any atom is -0.380 e. The van der Waals surface area contributed by atoms with E-state index >= 15 is 0 Å². The second-order valence-corrected chi connectivity index (χ2v) is 5.25. The summed E-state index contributed by atoms with van der Waals surface area (Å²) in [7, 11) is 4.09. The average molecular weight is 315 g/mol. The summed E-state index contributed by atoms with van der Waals surface area (Å²) < 4.78 is 6.52. The van der Waals surface area contributed by atoms with Gasteiger partial charge in [-0.2, -0.15) is 0 Å². The van der Waals surface area contributed by atoms with E-state index in [1.807, 2.05) is 14.0 Å². The van der Waals surface area contributed by atoms with Crippen molar-refractivity contribution in [3.05, 3.63) is 28.2 Å². The number of nitrogens with one attached hydrogen (secondary N) is 1. The van der Waals surface area contributed by atoms with Crippen LogP contribution in [0.2, 0.25) is 0 Å². The van der Waals surface area contributed by atoms with Crippen molar-refractivity contribution in [2.24, 2.45) is 0 Å². The second kappa shape index (κ2) is 7.77. The minimum atomic E-state index is 0.336. The van der Waals surface area contributed by atoms with Gasteiger partial charge in [-0.15, -0.1) is 0 Å². The Morgan fingerprint density at radius 3 is 2.78 bits per heavy atom. The first-order chi connectivity index (χ1) is 8.60. The highest BCUT2D eigenvalue weighted by atomic mass is 79.9. The molecular weight excluding hydrogens is 292 g/mol. The summed E-state index contributed by atoms with van der Waals surface area (Å²) >= 11 is 3.54. The van der Waals surface area contributed by atoms with E-state index in [1.54, 1.807) is 0 Å². The van der Waals surface area contributed by atoms with Crippen molar-refractivity contribution in [2.75, 3.05) is 38.8 Å². The standard InChI is InChI=1S/C14H23BrN2O/c1-5-18-9-8-17(4)14-10-12(15)6-7-13(14)11(2)16-3/h6-7,10-11,16H,5,8-9H2,1-4H3. The number of nitrogens with zero attached hydrogens (tertiary/aromatic N) is 1. The summed E-state index contributed by atoms with van der Waals surface area (Å²) in [5.41, 5.74) is 2.55. The van der Waals surface area contributed by atoms with Crippen LogP contribution in [0.3, 0.4) is 0 Å². The van der Waals surface area contributed by atoms with Gasteiger partial charge < -0.3 is 15.0 Å². The van der Waals surface area contributed by atoms with Crippen LogP contribution in [0.15, 0.2) is 22.7 Å². The lowest BCUT2D eigenvalue weighted by atomic mass is 10.1. The van der Waals surface area contributed by atoms with Gasteiger partial charge in [-0.05, 0) is 38.6 Å². The maximum Gasteiger partial charge on any atom is 0.0641 e. The van der Waals surface area contributed by atoms with Crippen LogP contribution in [-0.2, 0) is 4.74 Å². The molecule has 0 aliphatic rings. The van der Waals surface area contributed by atoms with Crippen molar-refractivity contribution >= 4 is 21.6 Å². The molecule has 0 fully saturated rings. The summed E-state index contributed by atoms with van der Waals surface area (Å²) in [6.45, 7) is 6.61. The maximum absolute atomic E-state index is 5.41. The lowest BCUT2D eigenvalue weighted by molar-refractivity contribution is 0.154. The van der Waals surface area contributed by atoms with Gasteiger partial charge in [0.1, 0.15) is 0 Å². The molecule has 0 amide bonds. The van der Waals surface area contributed by atoms with Gasteiger partial charge >= 0.3 is 0 Å². The van der Waals surface area contributed by atoms with Gasteiger partial charge in [0.2, 0.25) is 0 Å². The molecule has 0 saturated heterocycles. The predicted octanol–water partition coefficient (Wildman–Crippen LogP) is 3.20. The number of rotatable bonds is 7. The smallest absolute Gasteiger partial charge is 0.0641 e. The zero-order valence-electron chi connectivity index (χ0n) is 11.7. The summed E-state index contributed by atoms with van der Waals surface area (Å²) in [5, 5.41) is 3.29. The molecule has 1 N–H and O–H groups in total. The van der Waals surface area contributed by atoms with Crippen LogP contribution in [0.1, 0.15) is 25.5 Å². The summed E-state index contributed by atoms with van der Waals surface area (Å²) in [6, 6.07) is 6.75. The fraction of sp³-hybridized carbons (Fsp3) is 0.571. The number of likely N-dealkylation sites (N-methyl/N-ethyl adjacent to an activating group) is 1. The third-order valence-electron chi connectivity index (χ3n) is 3.08. The molecule has 18 heavy (non-hydrogen) atoms. The highest BCUT2D eigenvalue weighted by Crippen LogP contribution is 2.28. The van der Waals surface area contributed by atoms with Crippen LogP contribution < -0.4 is 10.2 Å². The molecule has 3 nitrogen and oxygen atoms in total. The van der Waals surface area contributed by atoms with Gasteiger partial charge in [-0.1, -0.05) is 22.0 Å². The molecule has 1 atom stereocenters. The van der Waals surface area contributed by atoms with Crippen molar-refractivity contribution < 1.29 is 4.74 Å². The Kier molecular flexibility index (Phi) is 6.68. The van der Waals surface area contributed by atoms with Gasteiger partial charge in [0.15, 0.2) is 0 Å². The Morgan fingerprint density at radius 1 is 1.44 bits per heavy atom. The molecule has 1 aromatic rings. The Labute approximate surface area is 119 Å². The van der Waals surface area contributed by atoms with Gasteiger partial charge in [-0.25, -0.2) is 0 Å². The normalized spacial score (nSPS) is 12.5. The van der Waals surface area contributed by atoms with Crippen LogP contribution in [0.5, 0.6) is 0 Å². The van der Waals surface area contributed by atoms with E-state index in [-0.39, 0.29) is 0 Å². The summed E-state index contributed by atoms with van der Waals surface area (Å²) in [4.78, 5) is 2.24. The Bertz CT molecular complexity index is 371. The highest BCUT2D eigenvalue weighted by Gasteiger charge is 2.12. The molecule has 0 aliphatic heterocycles. The Balaban J connectivity index is 2.86. The second-order valence-electron chi connectivity index (χ2n) is 4.33. The SMILES string of the molecule is CCOCCN(C)c1cc(Br)ccc1C(C)NC. The van der Waals surface area contributed by atoms with Crippen LogP contribution in [0.4, 0.5) is 5.69 Å². The first kappa shape index (κ1) is 15.5. The van der Waals surface area contributed by atoms with Crippen molar-refractivity contribution in [1.82, 2.24) is 5.32 Å². The van der Waals surface area contributed by atoms with Crippen LogP contribution in [0, 0.1) is 0 Å². The molecule has 0 spiro atoms. The van der Waals surface area contributed by atoms with Gasteiger partial charge in [0.05, 0.1) is 6.61 Å². The number of halogens is 1. The first-order valence-electron chi connectivity index (χ1n) is 6.35. The first-order valence-corrected chi connectivity index (χ1v) is 7.15. The van der Waals surface area contributed by atoms with Crippen molar-refractivity contribution in [3.8, 4) is 0 Å². The average Bonchev–Trinajstić information content (AvgIpc) is 2.38. The summed E-state index contributed by atoms with van der Waals surface area (Å²) in [6.07, 6.45) is 0. The molecule has 0 heterocycles. The third kappa shape index (κ3) is 4.26. The molecule has 0 bridgehead atoms. The zero-order chi connectivity index (χ0) is 13.5. The molecule has 0 radical (unpaired) electrons. The third-order valence-corrected chi connectivity index (χ3v) is 3.57. The molecule has 0 saturated carbocycles. The van der Waals surface area contributed by atoms with E-state index in [9.17, 15) is 0 Å². The van der Waals surface area contributed by atoms with E-state index in [2.05, 4.69) is 58.3 Å². The Morgan fingerprint density at radius 2 is 2.17 bits per heavy atom. The molecule has 0 aromatic heterocycles. The number of ether oxygens (including phenoxy) is 1. The van der Waals surface area contributed by atoms with Crippen molar-refractivity contribution in [3.63, 3.8) is 0 Å². The zero-order valence-corrected chi connectivity index (χ0v) is 13.3. The monoisotopic (exact) mass is 314 g/mol. The van der Waals surface area contributed by atoms with Crippen LogP contribution in [0.25, 0.3) is 0 Å². The molecule has 4 heteroatoms. The fourth-order valence-electron chi connectivity index (χ4n) is 1.84. The largest absolute Gasteiger partial charge is 0.380 e. The molecule has 0 aliphatic carbocycles. The van der Waals surface area contributed by atoms with Gasteiger partial charge in [0, 0.05) is 36.4 Å². The fourth-order valence-corrected chi connectivity index (χ4v) is 2.18. The quantitative estimate of drug-likeness (QED) is 0.782. The minimum absolute atomic E-state index is 0.336. The lowest BCUT2D eigenvalue weighted by Gasteiger charge is -2.25. The van der Waals surface area contributed by atoms with Crippen molar-refractivity contribution in [2.45, 2.75) is 19.9 Å². The maximum atomic E-state index is 5.41. The molecule has 1 aromatic carbocycles. The predicted molar refractivity (Wildman–Crippen MR) is 81.4 cm³/mol. The van der Waals surface area contributed by atoms with E-state index in [4.69, 9.17) is 4.74 Å². The number of anilines is 1. The molecule has 1 unspecified atom stereocenters. The van der Waals surface area contributed by atoms with Gasteiger partial charge in [0.25, 0.3) is 0 Å².